The Labute approximate surface area is 164 Å². The van der Waals surface area contributed by atoms with Crippen molar-refractivity contribution in [1.82, 2.24) is 4.98 Å². The molecule has 0 radical (unpaired) electrons. The summed E-state index contributed by atoms with van der Waals surface area (Å²) in [5.41, 5.74) is 0.931. The maximum Gasteiger partial charge on any atom is 0.258 e. The van der Waals surface area contributed by atoms with Gasteiger partial charge in [0.2, 0.25) is 5.91 Å². The van der Waals surface area contributed by atoms with Crippen molar-refractivity contribution in [3.63, 3.8) is 0 Å². The summed E-state index contributed by atoms with van der Waals surface area (Å²) >= 11 is 0. The minimum atomic E-state index is -1.06. The van der Waals surface area contributed by atoms with Crippen molar-refractivity contribution in [1.29, 1.82) is 0 Å². The Morgan fingerprint density at radius 3 is 2.41 bits per heavy atom. The second-order valence-electron chi connectivity index (χ2n) is 6.23. The SMILES string of the molecule is CC(=O)N(C)c1ccc(N=CC(=NN)c2cc3cc(F)c(F)cc3[nH]c2=O)cc1. The number of anilines is 1. The molecule has 0 fully saturated rings. The molecule has 148 valence electrons. The Bertz CT molecular complexity index is 1200. The number of aromatic nitrogens is 1. The molecule has 0 aliphatic heterocycles. The topological polar surface area (TPSA) is 104 Å². The molecule has 3 aromatic rings. The van der Waals surface area contributed by atoms with E-state index in [0.717, 1.165) is 12.1 Å². The first-order valence-electron chi connectivity index (χ1n) is 8.49. The van der Waals surface area contributed by atoms with Crippen LogP contribution < -0.4 is 16.3 Å². The van der Waals surface area contributed by atoms with E-state index in [1.165, 1.54) is 24.1 Å². The number of nitrogens with zero attached hydrogens (tertiary/aromatic N) is 3. The number of halogens is 2. The van der Waals surface area contributed by atoms with E-state index < -0.39 is 17.2 Å². The van der Waals surface area contributed by atoms with Crippen molar-refractivity contribution in [3.8, 4) is 0 Å². The van der Waals surface area contributed by atoms with E-state index >= 15 is 0 Å². The fraction of sp³-hybridized carbons (Fsp3) is 0.100. The second-order valence-corrected chi connectivity index (χ2v) is 6.23. The summed E-state index contributed by atoms with van der Waals surface area (Å²) in [7, 11) is 1.65. The molecule has 0 saturated heterocycles. The summed E-state index contributed by atoms with van der Waals surface area (Å²) in [5.74, 6) is 3.20. The zero-order valence-corrected chi connectivity index (χ0v) is 15.6. The summed E-state index contributed by atoms with van der Waals surface area (Å²) in [5, 5.41) is 3.86. The smallest absolute Gasteiger partial charge is 0.258 e. The molecule has 1 heterocycles. The first kappa shape index (κ1) is 19.9. The van der Waals surface area contributed by atoms with Crippen LogP contribution in [0.15, 0.2) is 57.4 Å². The minimum absolute atomic E-state index is 0.0580. The first-order chi connectivity index (χ1) is 13.8. The molecule has 1 amide bonds. The number of aliphatic imine (C=N–C) groups is 1. The van der Waals surface area contributed by atoms with Gasteiger partial charge in [0.25, 0.3) is 5.56 Å². The van der Waals surface area contributed by atoms with Gasteiger partial charge in [0.15, 0.2) is 11.6 Å². The van der Waals surface area contributed by atoms with Crippen LogP contribution in [0, 0.1) is 11.6 Å². The highest BCUT2D eigenvalue weighted by atomic mass is 19.2. The van der Waals surface area contributed by atoms with Crippen LogP contribution in [-0.4, -0.2) is 29.9 Å². The van der Waals surface area contributed by atoms with Crippen molar-refractivity contribution in [2.24, 2.45) is 15.9 Å². The van der Waals surface area contributed by atoms with Crippen LogP contribution in [-0.2, 0) is 4.79 Å². The van der Waals surface area contributed by atoms with Crippen molar-refractivity contribution in [2.75, 3.05) is 11.9 Å². The Balaban J connectivity index is 1.92. The van der Waals surface area contributed by atoms with Crippen LogP contribution in [0.1, 0.15) is 12.5 Å². The lowest BCUT2D eigenvalue weighted by atomic mass is 10.1. The average Bonchev–Trinajstić information content (AvgIpc) is 2.70. The first-order valence-corrected chi connectivity index (χ1v) is 8.49. The predicted octanol–water partition coefficient (Wildman–Crippen LogP) is 2.85. The van der Waals surface area contributed by atoms with Crippen LogP contribution in [0.3, 0.4) is 0 Å². The number of aromatic amines is 1. The highest BCUT2D eigenvalue weighted by Gasteiger charge is 2.11. The number of H-pyrrole nitrogens is 1. The van der Waals surface area contributed by atoms with Gasteiger partial charge in [0.05, 0.1) is 23.0 Å². The van der Waals surface area contributed by atoms with E-state index in [0.29, 0.717) is 11.4 Å². The maximum atomic E-state index is 13.5. The number of pyridine rings is 1. The molecule has 0 aliphatic rings. The van der Waals surface area contributed by atoms with E-state index in [2.05, 4.69) is 15.1 Å². The standard InChI is InChI=1S/C20H17F2N5O2/c1-11(28)27(2)14-5-3-13(4-6-14)24-10-19(26-23)15-7-12-8-16(21)17(22)9-18(12)25-20(15)29/h3-10H,23H2,1-2H3,(H,25,29). The Hall–Kier alpha value is -3.88. The fourth-order valence-electron chi connectivity index (χ4n) is 2.64. The normalized spacial score (nSPS) is 11.9. The Morgan fingerprint density at radius 2 is 1.79 bits per heavy atom. The Kier molecular flexibility index (Phi) is 5.49. The number of fused-ring (bicyclic) bond motifs is 1. The number of nitrogens with one attached hydrogen (secondary N) is 1. The number of hydrogen-bond donors (Lipinski definition) is 2. The zero-order valence-electron chi connectivity index (χ0n) is 15.6. The third kappa shape index (κ3) is 4.18. The lowest BCUT2D eigenvalue weighted by Crippen LogP contribution is -2.22. The molecule has 0 spiro atoms. The number of hydrazone groups is 1. The van der Waals surface area contributed by atoms with Gasteiger partial charge in [0.1, 0.15) is 5.71 Å². The van der Waals surface area contributed by atoms with Crippen LogP contribution >= 0.6 is 0 Å². The molecule has 0 unspecified atom stereocenters. The lowest BCUT2D eigenvalue weighted by Gasteiger charge is -2.14. The van der Waals surface area contributed by atoms with E-state index in [1.807, 2.05) is 0 Å². The molecular weight excluding hydrogens is 380 g/mol. The van der Waals surface area contributed by atoms with Gasteiger partial charge in [-0.15, -0.1) is 0 Å². The van der Waals surface area contributed by atoms with Crippen molar-refractivity contribution in [2.45, 2.75) is 6.92 Å². The molecule has 0 atom stereocenters. The number of benzene rings is 2. The number of carbonyl (C=O) groups excluding carboxylic acids is 1. The molecule has 0 bridgehead atoms. The van der Waals surface area contributed by atoms with Crippen molar-refractivity contribution < 1.29 is 13.6 Å². The number of hydrogen-bond acceptors (Lipinski definition) is 5. The van der Waals surface area contributed by atoms with Crippen molar-refractivity contribution >= 4 is 40.1 Å². The van der Waals surface area contributed by atoms with Crippen LogP contribution in [0.2, 0.25) is 0 Å². The summed E-state index contributed by atoms with van der Waals surface area (Å²) in [6.07, 6.45) is 1.29. The molecule has 1 aromatic heterocycles. The molecule has 3 rings (SSSR count). The van der Waals surface area contributed by atoms with Gasteiger partial charge >= 0.3 is 0 Å². The lowest BCUT2D eigenvalue weighted by molar-refractivity contribution is -0.116. The number of rotatable bonds is 4. The maximum absolute atomic E-state index is 13.5. The molecule has 7 nitrogen and oxygen atoms in total. The van der Waals surface area contributed by atoms with Gasteiger partial charge in [-0.05, 0) is 36.4 Å². The second kappa shape index (κ2) is 8.01. The van der Waals surface area contributed by atoms with Crippen LogP contribution in [0.5, 0.6) is 0 Å². The highest BCUT2D eigenvalue weighted by molar-refractivity contribution is 6.38. The number of carbonyl (C=O) groups is 1. The third-order valence-corrected chi connectivity index (χ3v) is 4.35. The third-order valence-electron chi connectivity index (χ3n) is 4.35. The predicted molar refractivity (Wildman–Crippen MR) is 109 cm³/mol. The van der Waals surface area contributed by atoms with E-state index in [1.54, 1.807) is 31.3 Å². The van der Waals surface area contributed by atoms with Gasteiger partial charge in [-0.2, -0.15) is 5.10 Å². The molecular formula is C20H17F2N5O2. The van der Waals surface area contributed by atoms with Crippen LogP contribution in [0.25, 0.3) is 10.9 Å². The van der Waals surface area contributed by atoms with E-state index in [-0.39, 0.29) is 28.1 Å². The van der Waals surface area contributed by atoms with Gasteiger partial charge in [-0.3, -0.25) is 14.6 Å². The zero-order chi connectivity index (χ0) is 21.1. The number of amides is 1. The molecule has 0 saturated carbocycles. The van der Waals surface area contributed by atoms with Gasteiger partial charge < -0.3 is 15.7 Å². The average molecular weight is 397 g/mol. The van der Waals surface area contributed by atoms with Gasteiger partial charge in [-0.1, -0.05) is 0 Å². The van der Waals surface area contributed by atoms with E-state index in [9.17, 15) is 18.4 Å². The number of nitrogens with two attached hydrogens (primary N) is 1. The largest absolute Gasteiger partial charge is 0.323 e. The molecule has 2 aromatic carbocycles. The Morgan fingerprint density at radius 1 is 1.14 bits per heavy atom. The fourth-order valence-corrected chi connectivity index (χ4v) is 2.64. The minimum Gasteiger partial charge on any atom is -0.323 e. The quantitative estimate of drug-likeness (QED) is 0.402. The molecule has 9 heteroatoms. The molecule has 3 N–H and O–H groups in total. The highest BCUT2D eigenvalue weighted by Crippen LogP contribution is 2.19. The van der Waals surface area contributed by atoms with Crippen molar-refractivity contribution in [3.05, 3.63) is 70.0 Å². The monoisotopic (exact) mass is 397 g/mol. The van der Waals surface area contributed by atoms with Gasteiger partial charge in [-0.25, -0.2) is 8.78 Å². The molecule has 29 heavy (non-hydrogen) atoms. The summed E-state index contributed by atoms with van der Waals surface area (Å²) < 4.78 is 26.9. The summed E-state index contributed by atoms with van der Waals surface area (Å²) in [6, 6.07) is 10.0. The van der Waals surface area contributed by atoms with Crippen LogP contribution in [0.4, 0.5) is 20.2 Å². The van der Waals surface area contributed by atoms with Gasteiger partial charge in [0, 0.05) is 31.1 Å². The summed E-state index contributed by atoms with van der Waals surface area (Å²) in [6.45, 7) is 1.46. The summed E-state index contributed by atoms with van der Waals surface area (Å²) in [4.78, 5) is 31.9. The van der Waals surface area contributed by atoms with E-state index in [4.69, 9.17) is 5.84 Å². The molecule has 0 aliphatic carbocycles.